The maximum atomic E-state index is 13.0. The van der Waals surface area contributed by atoms with E-state index in [1.54, 1.807) is 56.3 Å². The lowest BCUT2D eigenvalue weighted by molar-refractivity contribution is -0.136. The zero-order valence-electron chi connectivity index (χ0n) is 23.8. The van der Waals surface area contributed by atoms with Crippen molar-refractivity contribution >= 4 is 64.6 Å². The second kappa shape index (κ2) is 14.2. The first-order chi connectivity index (χ1) is 21.0. The second-order valence-electron chi connectivity index (χ2n) is 9.36. The predicted octanol–water partition coefficient (Wildman–Crippen LogP) is 1.88. The molecule has 0 unspecified atom stereocenters. The van der Waals surface area contributed by atoms with Gasteiger partial charge in [0.1, 0.15) is 6.61 Å². The molecule has 0 spiro atoms. The first-order valence-electron chi connectivity index (χ1n) is 13.2. The summed E-state index contributed by atoms with van der Waals surface area (Å²) in [5.74, 6) is -2.69. The minimum atomic E-state index is -1.35. The molecule has 5 N–H and O–H groups in total. The molecule has 0 radical (unpaired) electrons. The first kappa shape index (κ1) is 32.2. The van der Waals surface area contributed by atoms with Gasteiger partial charge in [-0.1, -0.05) is 17.7 Å². The van der Waals surface area contributed by atoms with Gasteiger partial charge >= 0.3 is 12.0 Å². The van der Waals surface area contributed by atoms with Crippen molar-refractivity contribution in [1.29, 1.82) is 0 Å². The number of nitrogens with one attached hydrogen (secondary N) is 4. The van der Waals surface area contributed by atoms with Gasteiger partial charge in [-0.15, -0.1) is 0 Å². The molecular formula is C28H29ClN6O8S. The van der Waals surface area contributed by atoms with Crippen molar-refractivity contribution in [1.82, 2.24) is 21.4 Å². The number of amides is 4. The third-order valence-electron chi connectivity index (χ3n) is 6.41. The van der Waals surface area contributed by atoms with Crippen molar-refractivity contribution in [3.63, 3.8) is 0 Å². The van der Waals surface area contributed by atoms with Crippen LogP contribution in [-0.4, -0.2) is 66.8 Å². The number of anilines is 1. The summed E-state index contributed by atoms with van der Waals surface area (Å²) in [5, 5.41) is 22.4. The van der Waals surface area contributed by atoms with Gasteiger partial charge < -0.3 is 35.3 Å². The zero-order chi connectivity index (χ0) is 32.0. The maximum Gasteiger partial charge on any atom is 0.337 e. The van der Waals surface area contributed by atoms with Crippen LogP contribution in [0.2, 0.25) is 5.02 Å². The van der Waals surface area contributed by atoms with Gasteiger partial charge in [-0.2, -0.15) is 5.10 Å². The van der Waals surface area contributed by atoms with Crippen LogP contribution in [0.15, 0.2) is 58.8 Å². The van der Waals surface area contributed by atoms with Gasteiger partial charge in [-0.25, -0.2) is 9.59 Å². The fourth-order valence-corrected chi connectivity index (χ4v) is 4.80. The standard InChI is InChI=1S/C28H29ClN6O8S/c1-4-42-20-11-15(23-22(26(39)41-3)14(2)31-27(40)32-23)5-10-19(20)43-13-21(36)34-30-12-18-24(37)33-28(44)35(25(18)38)17-8-6-16(29)7-9-17/h5-12,18,21,23,34,36H,4,13H2,1-3H3,(H2,31,32,40)(H,33,37,44)/b30-12-/t18-,21-,23+/m1/s1. The van der Waals surface area contributed by atoms with Gasteiger partial charge in [0.15, 0.2) is 28.8 Å². The van der Waals surface area contributed by atoms with E-state index in [9.17, 15) is 24.3 Å². The van der Waals surface area contributed by atoms with E-state index in [0.29, 0.717) is 22.0 Å². The average molecular weight is 645 g/mol. The number of ether oxygens (including phenoxy) is 3. The van der Waals surface area contributed by atoms with Gasteiger partial charge in [-0.3, -0.25) is 19.9 Å². The van der Waals surface area contributed by atoms with E-state index >= 15 is 0 Å². The number of halogens is 1. The number of hydrogen-bond acceptors (Lipinski definition) is 11. The molecule has 4 rings (SSSR count). The topological polar surface area (TPSA) is 180 Å². The molecule has 1 saturated heterocycles. The number of hydrazone groups is 1. The molecule has 0 aromatic heterocycles. The molecule has 2 aromatic carbocycles. The molecule has 44 heavy (non-hydrogen) atoms. The number of aliphatic hydroxyl groups is 1. The Balaban J connectivity index is 1.41. The number of methoxy groups -OCH3 is 1. The van der Waals surface area contributed by atoms with Crippen molar-refractivity contribution in [3.8, 4) is 11.5 Å². The van der Waals surface area contributed by atoms with Gasteiger partial charge in [0.25, 0.3) is 5.91 Å². The summed E-state index contributed by atoms with van der Waals surface area (Å²) >= 11 is 11.1. The minimum absolute atomic E-state index is 0.0836. The molecule has 2 heterocycles. The number of allylic oxidation sites excluding steroid dienone is 1. The zero-order valence-corrected chi connectivity index (χ0v) is 25.3. The van der Waals surface area contributed by atoms with Crippen LogP contribution < -0.4 is 35.7 Å². The molecule has 2 aliphatic heterocycles. The average Bonchev–Trinajstić information content (AvgIpc) is 2.98. The van der Waals surface area contributed by atoms with E-state index in [1.165, 1.54) is 7.11 Å². The molecule has 0 bridgehead atoms. The van der Waals surface area contributed by atoms with E-state index in [0.717, 1.165) is 11.1 Å². The molecule has 0 saturated carbocycles. The Kier molecular flexibility index (Phi) is 10.4. The van der Waals surface area contributed by atoms with E-state index in [2.05, 4.69) is 26.5 Å². The van der Waals surface area contributed by atoms with Crippen LogP contribution in [-0.2, 0) is 19.1 Å². The normalized spacial score (nSPS) is 19.2. The van der Waals surface area contributed by atoms with Crippen molar-refractivity contribution in [2.45, 2.75) is 26.1 Å². The molecule has 2 aliphatic rings. The molecule has 232 valence electrons. The number of urea groups is 1. The number of nitrogens with zero attached hydrogens (tertiary/aromatic N) is 2. The van der Waals surface area contributed by atoms with Crippen molar-refractivity contribution < 1.29 is 38.5 Å². The van der Waals surface area contributed by atoms with Crippen molar-refractivity contribution in [3.05, 3.63) is 64.3 Å². The van der Waals surface area contributed by atoms with Crippen LogP contribution in [0.1, 0.15) is 25.5 Å². The third kappa shape index (κ3) is 7.24. The fourth-order valence-electron chi connectivity index (χ4n) is 4.38. The third-order valence-corrected chi connectivity index (χ3v) is 6.94. The van der Waals surface area contributed by atoms with Gasteiger partial charge in [0, 0.05) is 16.9 Å². The minimum Gasteiger partial charge on any atom is -0.490 e. The molecule has 0 aliphatic carbocycles. The van der Waals surface area contributed by atoms with E-state index < -0.39 is 42.0 Å². The van der Waals surface area contributed by atoms with Crippen LogP contribution in [0.5, 0.6) is 11.5 Å². The lowest BCUT2D eigenvalue weighted by Crippen LogP contribution is -2.58. The first-order valence-corrected chi connectivity index (χ1v) is 14.0. The van der Waals surface area contributed by atoms with Crippen LogP contribution in [0.3, 0.4) is 0 Å². The van der Waals surface area contributed by atoms with E-state index in [4.69, 9.17) is 38.0 Å². The number of aliphatic hydroxyl groups excluding tert-OH is 1. The fraction of sp³-hybridized carbons (Fsp3) is 0.286. The van der Waals surface area contributed by atoms with Crippen molar-refractivity contribution in [2.24, 2.45) is 11.0 Å². The Morgan fingerprint density at radius 1 is 1.16 bits per heavy atom. The summed E-state index contributed by atoms with van der Waals surface area (Å²) in [7, 11) is 1.25. The monoisotopic (exact) mass is 644 g/mol. The molecule has 1 fully saturated rings. The Hall–Kier alpha value is -4.73. The summed E-state index contributed by atoms with van der Waals surface area (Å²) in [6.07, 6.45) is -0.302. The van der Waals surface area contributed by atoms with Crippen LogP contribution in [0.4, 0.5) is 10.5 Å². The Bertz CT molecular complexity index is 1530. The van der Waals surface area contributed by atoms with Gasteiger partial charge in [-0.05, 0) is 68.0 Å². The summed E-state index contributed by atoms with van der Waals surface area (Å²) in [4.78, 5) is 51.2. The largest absolute Gasteiger partial charge is 0.490 e. The highest BCUT2D eigenvalue weighted by molar-refractivity contribution is 7.80. The highest BCUT2D eigenvalue weighted by atomic mass is 35.5. The number of carbonyl (C=O) groups excluding carboxylic acids is 4. The Morgan fingerprint density at radius 3 is 2.57 bits per heavy atom. The number of carbonyl (C=O) groups is 4. The Morgan fingerprint density at radius 2 is 1.89 bits per heavy atom. The summed E-state index contributed by atoms with van der Waals surface area (Å²) in [6, 6.07) is 9.83. The van der Waals surface area contributed by atoms with Crippen LogP contribution in [0.25, 0.3) is 0 Å². The highest BCUT2D eigenvalue weighted by Crippen LogP contribution is 2.35. The van der Waals surface area contributed by atoms with Crippen LogP contribution in [0, 0.1) is 5.92 Å². The number of thiocarbonyl (C=S) groups is 1. The van der Waals surface area contributed by atoms with Gasteiger partial charge in [0.05, 0.1) is 31.0 Å². The lowest BCUT2D eigenvalue weighted by atomic mass is 9.95. The van der Waals surface area contributed by atoms with Gasteiger partial charge in [0.2, 0.25) is 5.91 Å². The van der Waals surface area contributed by atoms with E-state index in [-0.39, 0.29) is 35.4 Å². The Labute approximate surface area is 262 Å². The molecule has 3 atom stereocenters. The number of hydrogen-bond donors (Lipinski definition) is 5. The van der Waals surface area contributed by atoms with E-state index in [1.807, 2.05) is 0 Å². The summed E-state index contributed by atoms with van der Waals surface area (Å²) in [5.41, 5.74) is 3.93. The SMILES string of the molecule is CCOc1cc([C@@H]2NC(=O)NC(C)=C2C(=O)OC)ccc1OC[C@@H](O)N/N=C\[C@@H]1C(=O)NC(=S)N(c2ccc(Cl)cc2)C1=O. The lowest BCUT2D eigenvalue weighted by Gasteiger charge is -2.30. The van der Waals surface area contributed by atoms with Crippen molar-refractivity contribution in [2.75, 3.05) is 25.2 Å². The second-order valence-corrected chi connectivity index (χ2v) is 10.2. The molecule has 4 amide bonds. The molecular weight excluding hydrogens is 616 g/mol. The number of esters is 1. The number of rotatable bonds is 11. The molecule has 16 heteroatoms. The van der Waals surface area contributed by atoms with Crippen LogP contribution >= 0.6 is 23.8 Å². The quantitative estimate of drug-likeness (QED) is 0.0605. The number of benzene rings is 2. The summed E-state index contributed by atoms with van der Waals surface area (Å²) < 4.78 is 16.3. The molecule has 14 nitrogen and oxygen atoms in total. The summed E-state index contributed by atoms with van der Waals surface area (Å²) in [6.45, 7) is 3.33. The predicted molar refractivity (Wildman–Crippen MR) is 163 cm³/mol. The smallest absolute Gasteiger partial charge is 0.337 e. The highest BCUT2D eigenvalue weighted by Gasteiger charge is 2.38. The maximum absolute atomic E-state index is 13.0. The molecule has 2 aromatic rings.